The average molecular weight is 548 g/mol. The lowest BCUT2D eigenvalue weighted by Crippen LogP contribution is -2.49. The van der Waals surface area contributed by atoms with Crippen LogP contribution in [-0.2, 0) is 11.0 Å². The molecule has 3 N–H and O–H groups in total. The fourth-order valence-electron chi connectivity index (χ4n) is 4.89. The Morgan fingerprint density at radius 3 is 2.31 bits per heavy atom. The van der Waals surface area contributed by atoms with Gasteiger partial charge in [-0.05, 0) is 83.9 Å². The molecule has 1 aromatic heterocycles. The molecule has 0 radical (unpaired) electrons. The largest absolute Gasteiger partial charge is 0.421 e. The molecule has 1 aliphatic heterocycles. The Bertz CT molecular complexity index is 1160. The smallest absolute Gasteiger partial charge is 0.366 e. The molecule has 1 aliphatic carbocycles. The Morgan fingerprint density at radius 2 is 1.74 bits per heavy atom. The molecule has 1 saturated carbocycles. The first-order valence-corrected chi connectivity index (χ1v) is 13.3. The number of rotatable bonds is 8. The second-order valence-electron chi connectivity index (χ2n) is 10.7. The van der Waals surface area contributed by atoms with Crippen molar-refractivity contribution in [1.82, 2.24) is 25.1 Å². The van der Waals surface area contributed by atoms with Gasteiger partial charge in [-0.25, -0.2) is 4.98 Å². The summed E-state index contributed by atoms with van der Waals surface area (Å²) in [4.78, 5) is 37.3. The van der Waals surface area contributed by atoms with Crippen LogP contribution in [0.5, 0.6) is 0 Å². The monoisotopic (exact) mass is 547 g/mol. The van der Waals surface area contributed by atoms with Crippen LogP contribution in [0.15, 0.2) is 30.5 Å². The summed E-state index contributed by atoms with van der Waals surface area (Å²) < 4.78 is 41.1. The number of carbonyl (C=O) groups is 2. The maximum absolute atomic E-state index is 13.7. The number of nitrogens with one attached hydrogen (secondary N) is 3. The number of hydrogen-bond donors (Lipinski definition) is 3. The molecule has 2 heterocycles. The van der Waals surface area contributed by atoms with Gasteiger partial charge in [0.1, 0.15) is 11.4 Å². The van der Waals surface area contributed by atoms with Crippen LogP contribution in [0.3, 0.4) is 0 Å². The Hall–Kier alpha value is -3.41. The summed E-state index contributed by atoms with van der Waals surface area (Å²) in [5, 5.41) is 8.56. The van der Waals surface area contributed by atoms with Gasteiger partial charge in [0, 0.05) is 42.6 Å². The van der Waals surface area contributed by atoms with E-state index in [1.165, 1.54) is 0 Å². The number of hydrogen-bond acceptors (Lipinski definition) is 7. The van der Waals surface area contributed by atoms with Crippen LogP contribution in [0.4, 0.5) is 30.6 Å². The van der Waals surface area contributed by atoms with E-state index in [4.69, 9.17) is 0 Å². The molecule has 2 fully saturated rings. The third-order valence-electron chi connectivity index (χ3n) is 7.40. The normalized spacial score (nSPS) is 20.3. The maximum Gasteiger partial charge on any atom is 0.421 e. The average Bonchev–Trinajstić information content (AvgIpc) is 2.85. The summed E-state index contributed by atoms with van der Waals surface area (Å²) >= 11 is 0. The summed E-state index contributed by atoms with van der Waals surface area (Å²) in [6.07, 6.45) is -0.947. The SMILES string of the molecule is CC(C)NC(=O)C1CCC1Nc1nc(Nc2ccc(C(=O)N(C)C3CCN(C)CC3)cc2)ncc1C(F)(F)F. The van der Waals surface area contributed by atoms with E-state index < -0.39 is 23.7 Å². The van der Waals surface area contributed by atoms with Gasteiger partial charge in [0.05, 0.1) is 5.92 Å². The van der Waals surface area contributed by atoms with Crippen LogP contribution in [0.1, 0.15) is 55.5 Å². The van der Waals surface area contributed by atoms with Gasteiger partial charge in [0.25, 0.3) is 5.91 Å². The summed E-state index contributed by atoms with van der Waals surface area (Å²) in [5.74, 6) is -1.11. The number of piperidine rings is 1. The fraction of sp³-hybridized carbons (Fsp3) is 0.556. The Kier molecular flexibility index (Phi) is 8.63. The predicted molar refractivity (Wildman–Crippen MR) is 143 cm³/mol. The lowest BCUT2D eigenvalue weighted by atomic mass is 9.78. The van der Waals surface area contributed by atoms with Crippen molar-refractivity contribution in [2.75, 3.05) is 37.8 Å². The third kappa shape index (κ3) is 6.97. The number of carbonyl (C=O) groups excluding carboxylic acids is 2. The zero-order chi connectivity index (χ0) is 28.3. The lowest BCUT2D eigenvalue weighted by molar-refractivity contribution is -0.137. The number of nitrogens with zero attached hydrogens (tertiary/aromatic N) is 4. The molecule has 12 heteroatoms. The number of anilines is 3. The minimum Gasteiger partial charge on any atom is -0.366 e. The first-order chi connectivity index (χ1) is 18.4. The molecule has 1 saturated heterocycles. The molecule has 1 aromatic carbocycles. The van der Waals surface area contributed by atoms with Gasteiger partial charge in [-0.15, -0.1) is 0 Å². The van der Waals surface area contributed by atoms with Crippen molar-refractivity contribution in [3.8, 4) is 0 Å². The van der Waals surface area contributed by atoms with E-state index >= 15 is 0 Å². The summed E-state index contributed by atoms with van der Waals surface area (Å²) in [6.45, 7) is 5.56. The molecule has 2 atom stereocenters. The van der Waals surface area contributed by atoms with E-state index in [1.54, 1.807) is 29.2 Å². The molecule has 212 valence electrons. The highest BCUT2D eigenvalue weighted by atomic mass is 19.4. The quantitative estimate of drug-likeness (QED) is 0.457. The highest BCUT2D eigenvalue weighted by Gasteiger charge is 2.40. The van der Waals surface area contributed by atoms with Gasteiger partial charge < -0.3 is 25.8 Å². The van der Waals surface area contributed by atoms with Gasteiger partial charge >= 0.3 is 6.18 Å². The molecule has 0 spiro atoms. The molecule has 4 rings (SSSR count). The van der Waals surface area contributed by atoms with Gasteiger partial charge in [-0.3, -0.25) is 9.59 Å². The highest BCUT2D eigenvalue weighted by Crippen LogP contribution is 2.37. The van der Waals surface area contributed by atoms with E-state index in [0.717, 1.165) is 32.1 Å². The summed E-state index contributed by atoms with van der Waals surface area (Å²) in [7, 11) is 3.88. The second kappa shape index (κ2) is 11.8. The van der Waals surface area contributed by atoms with E-state index in [1.807, 2.05) is 20.9 Å². The van der Waals surface area contributed by atoms with Crippen molar-refractivity contribution in [3.05, 3.63) is 41.6 Å². The number of likely N-dealkylation sites (tertiary alicyclic amines) is 1. The van der Waals surface area contributed by atoms with Crippen molar-refractivity contribution in [3.63, 3.8) is 0 Å². The number of aromatic nitrogens is 2. The van der Waals surface area contributed by atoms with Gasteiger partial charge in [-0.1, -0.05) is 0 Å². The van der Waals surface area contributed by atoms with E-state index in [0.29, 0.717) is 24.1 Å². The van der Waals surface area contributed by atoms with E-state index in [9.17, 15) is 22.8 Å². The van der Waals surface area contributed by atoms with Crippen molar-refractivity contribution < 1.29 is 22.8 Å². The molecule has 2 aromatic rings. The van der Waals surface area contributed by atoms with Crippen LogP contribution in [0.25, 0.3) is 0 Å². The standard InChI is InChI=1S/C27H36F3N7O2/c1-16(2)32-24(38)20-9-10-22(20)34-23-21(27(28,29)30)15-31-26(35-23)33-18-7-5-17(6-8-18)25(39)37(4)19-11-13-36(3)14-12-19/h5-8,15-16,19-20,22H,9-14H2,1-4H3,(H,32,38)(H2,31,33,34,35). The van der Waals surface area contributed by atoms with Gasteiger partial charge in [-0.2, -0.15) is 18.2 Å². The highest BCUT2D eigenvalue weighted by molar-refractivity contribution is 5.94. The minimum absolute atomic E-state index is 0.0319. The van der Waals surface area contributed by atoms with Crippen molar-refractivity contribution in [2.24, 2.45) is 5.92 Å². The van der Waals surface area contributed by atoms with Crippen LogP contribution in [0.2, 0.25) is 0 Å². The van der Waals surface area contributed by atoms with Crippen LogP contribution >= 0.6 is 0 Å². The molecule has 2 aliphatic rings. The number of benzene rings is 1. The van der Waals surface area contributed by atoms with E-state index in [2.05, 4.69) is 37.9 Å². The first kappa shape index (κ1) is 28.6. The Balaban J connectivity index is 1.45. The summed E-state index contributed by atoms with van der Waals surface area (Å²) in [6, 6.07) is 6.35. The van der Waals surface area contributed by atoms with Gasteiger partial charge in [0.15, 0.2) is 0 Å². The molecular formula is C27H36F3N7O2. The Morgan fingerprint density at radius 1 is 1.08 bits per heavy atom. The predicted octanol–water partition coefficient (Wildman–Crippen LogP) is 4.12. The van der Waals surface area contributed by atoms with Crippen LogP contribution in [0, 0.1) is 5.92 Å². The van der Waals surface area contributed by atoms with Crippen molar-refractivity contribution in [2.45, 2.75) is 63.8 Å². The zero-order valence-electron chi connectivity index (χ0n) is 22.7. The van der Waals surface area contributed by atoms with Crippen LogP contribution < -0.4 is 16.0 Å². The molecule has 2 unspecified atom stereocenters. The first-order valence-electron chi connectivity index (χ1n) is 13.3. The second-order valence-corrected chi connectivity index (χ2v) is 10.7. The Labute approximate surface area is 226 Å². The lowest BCUT2D eigenvalue weighted by Gasteiger charge is -2.37. The number of halogens is 3. The molecular weight excluding hydrogens is 511 g/mol. The molecule has 39 heavy (non-hydrogen) atoms. The van der Waals surface area contributed by atoms with Crippen molar-refractivity contribution >= 4 is 29.3 Å². The molecule has 2 amide bonds. The van der Waals surface area contributed by atoms with E-state index in [-0.39, 0.29) is 35.7 Å². The van der Waals surface area contributed by atoms with Gasteiger partial charge in [0.2, 0.25) is 11.9 Å². The minimum atomic E-state index is -4.66. The maximum atomic E-state index is 13.7. The fourth-order valence-corrected chi connectivity index (χ4v) is 4.89. The number of amides is 2. The van der Waals surface area contributed by atoms with Crippen molar-refractivity contribution in [1.29, 1.82) is 0 Å². The topological polar surface area (TPSA) is 102 Å². The molecule has 0 bridgehead atoms. The number of alkyl halides is 3. The van der Waals surface area contributed by atoms with Crippen LogP contribution in [-0.4, -0.2) is 76.9 Å². The molecule has 9 nitrogen and oxygen atoms in total. The zero-order valence-corrected chi connectivity index (χ0v) is 22.7. The third-order valence-corrected chi connectivity index (χ3v) is 7.40. The summed E-state index contributed by atoms with van der Waals surface area (Å²) in [5.41, 5.74) is 0.0475.